The molecule has 1 atom stereocenters. The van der Waals surface area contributed by atoms with Crippen molar-refractivity contribution in [2.24, 2.45) is 5.92 Å². The molecular weight excluding hydrogens is 386 g/mol. The number of nitrogens with one attached hydrogen (secondary N) is 1. The van der Waals surface area contributed by atoms with Gasteiger partial charge in [-0.1, -0.05) is 13.8 Å². The molecule has 0 bridgehead atoms. The van der Waals surface area contributed by atoms with Gasteiger partial charge in [-0.05, 0) is 50.3 Å². The molecule has 0 unspecified atom stereocenters. The molecule has 0 radical (unpaired) electrons. The van der Waals surface area contributed by atoms with Crippen LogP contribution in [-0.4, -0.2) is 25.0 Å². The van der Waals surface area contributed by atoms with Crippen LogP contribution in [0.4, 0.5) is 0 Å². The highest BCUT2D eigenvalue weighted by molar-refractivity contribution is 5.99. The number of rotatable bonds is 6. The SMILES string of the molecule is COC(=O)[C@H](NC(=O)CCc1c(C)c2cc3c(C)coc3c(C)c2oc1=O)C(C)C. The molecule has 1 N–H and O–H groups in total. The number of hydrogen-bond acceptors (Lipinski definition) is 6. The van der Waals surface area contributed by atoms with Crippen LogP contribution >= 0.6 is 0 Å². The summed E-state index contributed by atoms with van der Waals surface area (Å²) in [5.41, 5.74) is 3.76. The molecule has 0 fully saturated rings. The first-order chi connectivity index (χ1) is 14.1. The van der Waals surface area contributed by atoms with E-state index < -0.39 is 17.6 Å². The van der Waals surface area contributed by atoms with Gasteiger partial charge in [-0.15, -0.1) is 0 Å². The summed E-state index contributed by atoms with van der Waals surface area (Å²) >= 11 is 0. The maximum Gasteiger partial charge on any atom is 0.339 e. The molecule has 1 amide bonds. The Morgan fingerprint density at radius 3 is 2.43 bits per heavy atom. The smallest absolute Gasteiger partial charge is 0.339 e. The van der Waals surface area contributed by atoms with E-state index in [4.69, 9.17) is 13.6 Å². The third kappa shape index (κ3) is 3.84. The summed E-state index contributed by atoms with van der Waals surface area (Å²) in [6.07, 6.45) is 1.95. The Morgan fingerprint density at radius 1 is 1.10 bits per heavy atom. The van der Waals surface area contributed by atoms with E-state index in [0.717, 1.165) is 27.5 Å². The highest BCUT2D eigenvalue weighted by Gasteiger charge is 2.25. The number of aryl methyl sites for hydroxylation is 3. The molecule has 0 aliphatic heterocycles. The zero-order chi connectivity index (χ0) is 22.2. The van der Waals surface area contributed by atoms with Crippen LogP contribution in [0, 0.1) is 26.7 Å². The molecule has 2 aromatic heterocycles. The molecule has 0 aliphatic rings. The van der Waals surface area contributed by atoms with Crippen LogP contribution in [0.2, 0.25) is 0 Å². The van der Waals surface area contributed by atoms with Crippen LogP contribution in [0.25, 0.3) is 21.9 Å². The minimum atomic E-state index is -0.725. The van der Waals surface area contributed by atoms with Crippen molar-refractivity contribution in [3.05, 3.63) is 45.0 Å². The van der Waals surface area contributed by atoms with Crippen LogP contribution in [0.5, 0.6) is 0 Å². The maximum absolute atomic E-state index is 12.6. The number of amides is 1. The predicted molar refractivity (Wildman–Crippen MR) is 114 cm³/mol. The minimum absolute atomic E-state index is 0.0588. The quantitative estimate of drug-likeness (QED) is 0.489. The van der Waals surface area contributed by atoms with E-state index in [1.54, 1.807) is 6.26 Å². The van der Waals surface area contributed by atoms with Crippen LogP contribution in [-0.2, 0) is 20.7 Å². The van der Waals surface area contributed by atoms with E-state index >= 15 is 0 Å². The van der Waals surface area contributed by atoms with E-state index in [0.29, 0.717) is 16.7 Å². The van der Waals surface area contributed by atoms with Gasteiger partial charge in [0.2, 0.25) is 5.91 Å². The van der Waals surface area contributed by atoms with E-state index in [9.17, 15) is 14.4 Å². The van der Waals surface area contributed by atoms with Crippen molar-refractivity contribution in [3.8, 4) is 0 Å². The van der Waals surface area contributed by atoms with Crippen LogP contribution < -0.4 is 10.9 Å². The van der Waals surface area contributed by atoms with E-state index in [2.05, 4.69) is 5.32 Å². The van der Waals surface area contributed by atoms with E-state index in [-0.39, 0.29) is 24.7 Å². The predicted octanol–water partition coefficient (Wildman–Crippen LogP) is 3.71. The van der Waals surface area contributed by atoms with E-state index in [1.165, 1.54) is 7.11 Å². The van der Waals surface area contributed by atoms with Gasteiger partial charge < -0.3 is 18.9 Å². The average Bonchev–Trinajstić information content (AvgIpc) is 3.07. The minimum Gasteiger partial charge on any atom is -0.467 e. The van der Waals surface area contributed by atoms with Crippen LogP contribution in [0.15, 0.2) is 26.0 Å². The fourth-order valence-corrected chi connectivity index (χ4v) is 3.72. The molecular formula is C23H27NO6. The van der Waals surface area contributed by atoms with Crippen molar-refractivity contribution >= 4 is 33.8 Å². The number of fused-ring (bicyclic) bond motifs is 2. The molecule has 0 saturated carbocycles. The van der Waals surface area contributed by atoms with Crippen molar-refractivity contribution in [3.63, 3.8) is 0 Å². The Hall–Kier alpha value is -3.09. The van der Waals surface area contributed by atoms with Gasteiger partial charge in [0.15, 0.2) is 0 Å². The second-order valence-corrected chi connectivity index (χ2v) is 7.98. The second-order valence-electron chi connectivity index (χ2n) is 7.98. The van der Waals surface area contributed by atoms with Crippen LogP contribution in [0.1, 0.15) is 42.5 Å². The van der Waals surface area contributed by atoms with Crippen molar-refractivity contribution in [1.82, 2.24) is 5.32 Å². The Morgan fingerprint density at radius 2 is 1.80 bits per heavy atom. The summed E-state index contributed by atoms with van der Waals surface area (Å²) in [5.74, 6) is -0.928. The number of methoxy groups -OCH3 is 1. The number of carbonyl (C=O) groups is 2. The summed E-state index contributed by atoms with van der Waals surface area (Å²) in [7, 11) is 1.29. The summed E-state index contributed by atoms with van der Waals surface area (Å²) in [5, 5.41) is 4.49. The van der Waals surface area contributed by atoms with Crippen molar-refractivity contribution in [1.29, 1.82) is 0 Å². The lowest BCUT2D eigenvalue weighted by Gasteiger charge is -2.19. The summed E-state index contributed by atoms with van der Waals surface area (Å²) < 4.78 is 16.0. The third-order valence-corrected chi connectivity index (χ3v) is 5.58. The number of ether oxygens (including phenoxy) is 1. The summed E-state index contributed by atoms with van der Waals surface area (Å²) in [6.45, 7) is 9.33. The molecule has 160 valence electrons. The Labute approximate surface area is 174 Å². The molecule has 7 nitrogen and oxygen atoms in total. The topological polar surface area (TPSA) is 98.8 Å². The first kappa shape index (κ1) is 21.6. The molecule has 0 aliphatic carbocycles. The van der Waals surface area contributed by atoms with Gasteiger partial charge >= 0.3 is 11.6 Å². The van der Waals surface area contributed by atoms with Gasteiger partial charge in [-0.2, -0.15) is 0 Å². The highest BCUT2D eigenvalue weighted by atomic mass is 16.5. The lowest BCUT2D eigenvalue weighted by Crippen LogP contribution is -2.45. The monoisotopic (exact) mass is 413 g/mol. The molecule has 0 saturated heterocycles. The maximum atomic E-state index is 12.6. The fraction of sp³-hybridized carbons (Fsp3) is 0.435. The zero-order valence-corrected chi connectivity index (χ0v) is 18.2. The average molecular weight is 413 g/mol. The summed E-state index contributed by atoms with van der Waals surface area (Å²) in [4.78, 5) is 36.9. The Kier molecular flexibility index (Phi) is 6.01. The number of esters is 1. The molecule has 7 heteroatoms. The van der Waals surface area contributed by atoms with Crippen molar-refractivity contribution in [2.45, 2.75) is 53.5 Å². The third-order valence-electron chi connectivity index (χ3n) is 5.58. The van der Waals surface area contributed by atoms with Gasteiger partial charge in [0.25, 0.3) is 0 Å². The lowest BCUT2D eigenvalue weighted by atomic mass is 9.98. The Balaban J connectivity index is 1.90. The van der Waals surface area contributed by atoms with Crippen molar-refractivity contribution in [2.75, 3.05) is 7.11 Å². The van der Waals surface area contributed by atoms with Gasteiger partial charge in [0.05, 0.1) is 13.4 Å². The lowest BCUT2D eigenvalue weighted by molar-refractivity contribution is -0.146. The first-order valence-electron chi connectivity index (χ1n) is 9.96. The van der Waals surface area contributed by atoms with Gasteiger partial charge in [-0.3, -0.25) is 4.79 Å². The molecule has 2 heterocycles. The van der Waals surface area contributed by atoms with Gasteiger partial charge in [-0.25, -0.2) is 9.59 Å². The van der Waals surface area contributed by atoms with E-state index in [1.807, 2.05) is 40.7 Å². The molecule has 1 aromatic carbocycles. The first-order valence-corrected chi connectivity index (χ1v) is 9.96. The molecule has 3 aromatic rings. The Bertz CT molecular complexity index is 1180. The summed E-state index contributed by atoms with van der Waals surface area (Å²) in [6, 6.07) is 1.24. The van der Waals surface area contributed by atoms with Gasteiger partial charge in [0.1, 0.15) is 17.2 Å². The largest absolute Gasteiger partial charge is 0.467 e. The normalized spacial score (nSPS) is 12.5. The number of furan rings is 1. The molecule has 0 spiro atoms. The number of hydrogen-bond donors (Lipinski definition) is 1. The zero-order valence-electron chi connectivity index (χ0n) is 18.2. The molecule has 30 heavy (non-hydrogen) atoms. The second kappa shape index (κ2) is 8.34. The van der Waals surface area contributed by atoms with Crippen molar-refractivity contribution < 1.29 is 23.2 Å². The standard InChI is InChI=1S/C23H27NO6/c1-11(2)19(23(27)28-6)24-18(25)8-7-15-13(4)17-9-16-12(3)10-29-20(16)14(5)21(17)30-22(15)26/h9-11,19H,7-8H2,1-6H3,(H,24,25)/t19-/m1/s1. The molecule has 3 rings (SSSR count). The highest BCUT2D eigenvalue weighted by Crippen LogP contribution is 2.32. The number of carbonyl (C=O) groups excluding carboxylic acids is 2. The fourth-order valence-electron chi connectivity index (χ4n) is 3.72. The van der Waals surface area contributed by atoms with Gasteiger partial charge in [0, 0.05) is 28.3 Å². The van der Waals surface area contributed by atoms with Crippen LogP contribution in [0.3, 0.4) is 0 Å². The number of benzene rings is 1.